The molecule has 2 aromatic heterocycles. The topological polar surface area (TPSA) is 153 Å². The number of aromatic nitrogens is 3. The van der Waals surface area contributed by atoms with E-state index < -0.39 is 47.2 Å². The van der Waals surface area contributed by atoms with Crippen molar-refractivity contribution in [1.29, 1.82) is 0 Å². The maximum atomic E-state index is 15.7. The molecule has 17 heteroatoms. The highest BCUT2D eigenvalue weighted by Crippen LogP contribution is 2.37. The Morgan fingerprint density at radius 1 is 0.984 bits per heavy atom. The number of nitrogens with zero attached hydrogens (tertiary/aromatic N) is 5. The summed E-state index contributed by atoms with van der Waals surface area (Å²) >= 11 is 0. The smallest absolute Gasteiger partial charge is 0.383 e. The van der Waals surface area contributed by atoms with Gasteiger partial charge in [0.05, 0.1) is 18.3 Å². The van der Waals surface area contributed by atoms with Crippen LogP contribution >= 0.6 is 0 Å². The van der Waals surface area contributed by atoms with Crippen LogP contribution in [0, 0.1) is 24.6 Å². The van der Waals surface area contributed by atoms with Gasteiger partial charge in [-0.1, -0.05) is 18.1 Å². The average Bonchev–Trinajstić information content (AvgIpc) is 3.81. The molecule has 0 saturated carbocycles. The summed E-state index contributed by atoms with van der Waals surface area (Å²) in [6, 6.07) is 14.6. The molecule has 8 rings (SSSR count). The van der Waals surface area contributed by atoms with Gasteiger partial charge in [-0.15, -0.1) is 0 Å². The zero-order valence-corrected chi connectivity index (χ0v) is 33.0. The summed E-state index contributed by atoms with van der Waals surface area (Å²) < 4.78 is 60.0. The molecule has 0 radical (unpaired) electrons. The first-order chi connectivity index (χ1) is 29.3. The van der Waals surface area contributed by atoms with Crippen molar-refractivity contribution in [1.82, 2.24) is 35.0 Å². The summed E-state index contributed by atoms with van der Waals surface area (Å²) in [7, 11) is 0. The van der Waals surface area contributed by atoms with E-state index in [1.165, 1.54) is 17.0 Å². The van der Waals surface area contributed by atoms with Gasteiger partial charge in [0, 0.05) is 77.5 Å². The Morgan fingerprint density at radius 2 is 1.80 bits per heavy atom. The van der Waals surface area contributed by atoms with E-state index in [0.717, 1.165) is 24.5 Å². The number of alkyl halides is 3. The molecule has 0 bridgehead atoms. The van der Waals surface area contributed by atoms with E-state index in [1.54, 1.807) is 59.4 Å². The van der Waals surface area contributed by atoms with Gasteiger partial charge in [-0.3, -0.25) is 29.4 Å². The van der Waals surface area contributed by atoms with Crippen LogP contribution in [0.25, 0.3) is 5.65 Å². The number of nitrogens with one attached hydrogen (secondary N) is 4. The molecule has 0 aliphatic carbocycles. The van der Waals surface area contributed by atoms with E-state index in [4.69, 9.17) is 0 Å². The molecular weight excluding hydrogens is 795 g/mol. The van der Waals surface area contributed by atoms with Gasteiger partial charge in [0.15, 0.2) is 5.65 Å². The number of hydrogen-bond acceptors (Lipinski definition) is 9. The molecular formula is C44H41F4N9O4. The summed E-state index contributed by atoms with van der Waals surface area (Å²) in [4.78, 5) is 57.9. The van der Waals surface area contributed by atoms with Crippen LogP contribution in [0.2, 0.25) is 0 Å². The third kappa shape index (κ3) is 8.96. The maximum Gasteiger partial charge on any atom is 0.418 e. The molecule has 2 saturated heterocycles. The summed E-state index contributed by atoms with van der Waals surface area (Å²) in [5, 5.41) is 15.4. The fraction of sp³-hybridized carbons (Fsp3) is 0.318. The largest absolute Gasteiger partial charge is 0.418 e. The molecule has 3 aromatic carbocycles. The Balaban J connectivity index is 0.817. The number of anilines is 2. The number of imidazole rings is 1. The number of imide groups is 1. The number of carbonyl (C=O) groups excluding carboxylic acids is 4. The summed E-state index contributed by atoms with van der Waals surface area (Å²) in [5.74, 6) is 3.64. The highest BCUT2D eigenvalue weighted by molar-refractivity contribution is 6.06. The van der Waals surface area contributed by atoms with Crippen molar-refractivity contribution in [2.24, 2.45) is 0 Å². The Bertz CT molecular complexity index is 2610. The molecule has 4 N–H and O–H groups in total. The van der Waals surface area contributed by atoms with Crippen LogP contribution in [-0.2, 0) is 28.9 Å². The summed E-state index contributed by atoms with van der Waals surface area (Å²) in [6.45, 7) is 4.06. The number of carbonyl (C=O) groups is 4. The van der Waals surface area contributed by atoms with Gasteiger partial charge in [0.1, 0.15) is 17.6 Å². The Labute approximate surface area is 347 Å². The lowest BCUT2D eigenvalue weighted by molar-refractivity contribution is -0.138. The Kier molecular flexibility index (Phi) is 11.6. The summed E-state index contributed by atoms with van der Waals surface area (Å²) in [5.41, 5.74) is 2.68. The molecule has 2 fully saturated rings. The molecule has 0 spiro atoms. The fourth-order valence-electron chi connectivity index (χ4n) is 7.94. The van der Waals surface area contributed by atoms with Gasteiger partial charge >= 0.3 is 6.18 Å². The first kappa shape index (κ1) is 41.1. The van der Waals surface area contributed by atoms with Gasteiger partial charge in [-0.25, -0.2) is 13.9 Å². The minimum Gasteiger partial charge on any atom is -0.383 e. The predicted octanol–water partition coefficient (Wildman–Crippen LogP) is 5.27. The molecule has 5 heterocycles. The monoisotopic (exact) mass is 835 g/mol. The van der Waals surface area contributed by atoms with Gasteiger partial charge < -0.3 is 20.9 Å². The molecule has 4 amide bonds. The molecule has 3 aliphatic rings. The lowest BCUT2D eigenvalue weighted by Gasteiger charge is -2.32. The van der Waals surface area contributed by atoms with Crippen LogP contribution in [0.3, 0.4) is 0 Å². The van der Waals surface area contributed by atoms with Crippen LogP contribution in [0.4, 0.5) is 28.9 Å². The first-order valence-corrected chi connectivity index (χ1v) is 19.9. The van der Waals surface area contributed by atoms with Crippen molar-refractivity contribution < 1.29 is 36.7 Å². The number of aryl methyl sites for hydroxylation is 1. The average molecular weight is 836 g/mol. The highest BCUT2D eigenvalue weighted by atomic mass is 19.4. The standard InChI is InChI=1S/C44H41F4N9O4/c1-26-4-5-28(21-27(26)6-9-32-23-51-38-3-2-16-52-57(32)38)41(59)53-31-8-11-36(35(22-31)44(46,47)48)50-18-17-49-30-14-19-55(20-15-30)24-29-7-10-33-34(40(29)45)25-56(43(33)61)37-12-13-39(58)54-42(37)60/h2-5,7-8,10-11,16,21-23,30,37,49-50H,12-15,17-20,24-25H2,1H3,(H,53,59)(H,54,58,60). The van der Waals surface area contributed by atoms with Crippen molar-refractivity contribution in [3.63, 3.8) is 0 Å². The second kappa shape index (κ2) is 17.1. The van der Waals surface area contributed by atoms with Gasteiger partial charge in [0.2, 0.25) is 11.8 Å². The molecule has 5 aromatic rings. The van der Waals surface area contributed by atoms with Crippen LogP contribution in [-0.4, -0.2) is 86.3 Å². The lowest BCUT2D eigenvalue weighted by atomic mass is 10.0. The fourth-order valence-corrected chi connectivity index (χ4v) is 7.94. The van der Waals surface area contributed by atoms with Crippen molar-refractivity contribution in [2.75, 3.05) is 36.8 Å². The van der Waals surface area contributed by atoms with Crippen LogP contribution in [0.15, 0.2) is 73.1 Å². The van der Waals surface area contributed by atoms with Crippen LogP contribution in [0.5, 0.6) is 0 Å². The number of fused-ring (bicyclic) bond motifs is 2. The van der Waals surface area contributed by atoms with E-state index in [2.05, 4.69) is 48.1 Å². The minimum atomic E-state index is -4.69. The highest BCUT2D eigenvalue weighted by Gasteiger charge is 2.41. The zero-order chi connectivity index (χ0) is 42.8. The quantitative estimate of drug-likeness (QED) is 0.0638. The number of benzene rings is 3. The third-order valence-electron chi connectivity index (χ3n) is 11.3. The van der Waals surface area contributed by atoms with Crippen molar-refractivity contribution in [2.45, 2.75) is 64.0 Å². The normalized spacial score (nSPS) is 17.2. The maximum absolute atomic E-state index is 15.7. The Hall–Kier alpha value is -6.64. The number of halogens is 4. The van der Waals surface area contributed by atoms with Crippen molar-refractivity contribution in [3.8, 4) is 11.8 Å². The molecule has 3 aliphatic heterocycles. The van der Waals surface area contributed by atoms with Gasteiger partial charge in [0.25, 0.3) is 11.8 Å². The molecule has 13 nitrogen and oxygen atoms in total. The number of piperidine rings is 2. The number of likely N-dealkylation sites (tertiary alicyclic amines) is 1. The van der Waals surface area contributed by atoms with E-state index >= 15 is 4.39 Å². The first-order valence-electron chi connectivity index (χ1n) is 19.9. The van der Waals surface area contributed by atoms with Gasteiger partial charge in [-0.2, -0.15) is 18.3 Å². The number of amides is 4. The summed E-state index contributed by atoms with van der Waals surface area (Å²) in [6.07, 6.45) is 0.314. The Morgan fingerprint density at radius 3 is 2.59 bits per heavy atom. The van der Waals surface area contributed by atoms with Crippen LogP contribution < -0.4 is 21.3 Å². The van der Waals surface area contributed by atoms with Crippen molar-refractivity contribution in [3.05, 3.63) is 124 Å². The van der Waals surface area contributed by atoms with Crippen molar-refractivity contribution >= 4 is 40.7 Å². The van der Waals surface area contributed by atoms with E-state index in [1.807, 2.05) is 6.92 Å². The number of hydrogen-bond donors (Lipinski definition) is 4. The minimum absolute atomic E-state index is 0.0137. The number of rotatable bonds is 10. The zero-order valence-electron chi connectivity index (χ0n) is 33.0. The molecule has 314 valence electrons. The van der Waals surface area contributed by atoms with Gasteiger partial charge in [-0.05, 0) is 99.3 Å². The SMILES string of the molecule is Cc1ccc(C(=O)Nc2ccc(NCCNC3CCN(Cc4ccc5c(c4F)CN(C4CCC(=O)NC4=O)C5=O)CC3)c(C(F)(F)F)c2)cc1C#Cc1cnc2cccnn12. The third-order valence-corrected chi connectivity index (χ3v) is 11.3. The van der Waals surface area contributed by atoms with E-state index in [-0.39, 0.29) is 60.0 Å². The molecule has 1 atom stereocenters. The van der Waals surface area contributed by atoms with E-state index in [0.29, 0.717) is 48.6 Å². The van der Waals surface area contributed by atoms with Crippen LogP contribution in [0.1, 0.15) is 79.9 Å². The second-order valence-corrected chi connectivity index (χ2v) is 15.3. The molecule has 1 unspecified atom stereocenters. The lowest BCUT2D eigenvalue weighted by Crippen LogP contribution is -2.52. The van der Waals surface area contributed by atoms with E-state index in [9.17, 15) is 32.3 Å². The predicted molar refractivity (Wildman–Crippen MR) is 217 cm³/mol. The second-order valence-electron chi connectivity index (χ2n) is 15.3. The molecule has 61 heavy (non-hydrogen) atoms.